The molecule has 0 aromatic carbocycles. The van der Waals surface area contributed by atoms with Crippen molar-refractivity contribution >= 4 is 28.0 Å². The third-order valence-electron chi connectivity index (χ3n) is 5.02. The van der Waals surface area contributed by atoms with Crippen molar-refractivity contribution in [3.05, 3.63) is 22.9 Å². The standard InChI is InChI=1S/C19H33NO2Si2/c1-8-20-17(21)12-16(19(20)22)18(24(5,6)7)15-11-9-10-14(15)13-23(2,3)4/h11,13,16,18H,8-10,12H2,1-7H3/b14-13+/t16-,18+/m0/s1. The number of amides is 2. The molecule has 0 bridgehead atoms. The van der Waals surface area contributed by atoms with Gasteiger partial charge in [-0.1, -0.05) is 56.6 Å². The molecule has 3 nitrogen and oxygen atoms in total. The highest BCUT2D eigenvalue weighted by Crippen LogP contribution is 2.48. The first-order valence-corrected chi connectivity index (χ1v) is 16.4. The highest BCUT2D eigenvalue weighted by atomic mass is 28.3. The Bertz CT molecular complexity index is 593. The lowest BCUT2D eigenvalue weighted by Gasteiger charge is -2.35. The smallest absolute Gasteiger partial charge is 0.233 e. The van der Waals surface area contributed by atoms with Crippen molar-refractivity contribution in [2.75, 3.05) is 6.54 Å². The number of carbonyl (C=O) groups excluding carboxylic acids is 2. The minimum absolute atomic E-state index is 0.0186. The van der Waals surface area contributed by atoms with E-state index >= 15 is 0 Å². The molecule has 1 fully saturated rings. The van der Waals surface area contributed by atoms with Crippen LogP contribution in [-0.4, -0.2) is 39.4 Å². The lowest BCUT2D eigenvalue weighted by Crippen LogP contribution is -2.39. The maximum absolute atomic E-state index is 12.9. The summed E-state index contributed by atoms with van der Waals surface area (Å²) in [4.78, 5) is 26.6. The number of likely N-dealkylation sites (tertiary alicyclic amines) is 1. The van der Waals surface area contributed by atoms with E-state index in [1.54, 1.807) is 0 Å². The van der Waals surface area contributed by atoms with Crippen molar-refractivity contribution in [1.29, 1.82) is 0 Å². The van der Waals surface area contributed by atoms with Crippen molar-refractivity contribution < 1.29 is 9.59 Å². The third-order valence-corrected chi connectivity index (χ3v) is 8.82. The van der Waals surface area contributed by atoms with E-state index in [-0.39, 0.29) is 23.3 Å². The van der Waals surface area contributed by atoms with Crippen LogP contribution in [0.4, 0.5) is 0 Å². The number of hydrogen-bond acceptors (Lipinski definition) is 2. The van der Waals surface area contributed by atoms with Gasteiger partial charge in [0.15, 0.2) is 0 Å². The molecule has 1 saturated heterocycles. The van der Waals surface area contributed by atoms with Gasteiger partial charge in [-0.25, -0.2) is 0 Å². The van der Waals surface area contributed by atoms with Crippen LogP contribution in [0.1, 0.15) is 26.2 Å². The van der Waals surface area contributed by atoms with Gasteiger partial charge < -0.3 is 0 Å². The van der Waals surface area contributed by atoms with E-state index < -0.39 is 16.1 Å². The molecule has 0 unspecified atom stereocenters. The van der Waals surface area contributed by atoms with Gasteiger partial charge in [0.2, 0.25) is 11.8 Å². The van der Waals surface area contributed by atoms with Crippen molar-refractivity contribution in [1.82, 2.24) is 4.90 Å². The van der Waals surface area contributed by atoms with Gasteiger partial charge in [0.05, 0.1) is 22.1 Å². The lowest BCUT2D eigenvalue weighted by atomic mass is 9.94. The molecule has 24 heavy (non-hydrogen) atoms. The van der Waals surface area contributed by atoms with E-state index in [2.05, 4.69) is 51.1 Å². The van der Waals surface area contributed by atoms with Crippen LogP contribution in [0.3, 0.4) is 0 Å². The summed E-state index contributed by atoms with van der Waals surface area (Å²) in [6.07, 6.45) is 4.95. The second-order valence-corrected chi connectivity index (χ2v) is 19.7. The molecule has 134 valence electrons. The third kappa shape index (κ3) is 3.99. The van der Waals surface area contributed by atoms with Crippen LogP contribution >= 0.6 is 0 Å². The van der Waals surface area contributed by atoms with Crippen LogP contribution in [0.2, 0.25) is 44.8 Å². The molecule has 2 amide bonds. The number of hydrogen-bond donors (Lipinski definition) is 0. The summed E-state index contributed by atoms with van der Waals surface area (Å²) in [5, 5.41) is 0. The molecule has 0 saturated carbocycles. The minimum Gasteiger partial charge on any atom is -0.283 e. The summed E-state index contributed by atoms with van der Waals surface area (Å²) in [5.74, 6) is -0.0568. The summed E-state index contributed by atoms with van der Waals surface area (Å²) >= 11 is 0. The Morgan fingerprint density at radius 1 is 1.21 bits per heavy atom. The van der Waals surface area contributed by atoms with Gasteiger partial charge in [-0.15, -0.1) is 0 Å². The molecule has 1 heterocycles. The Balaban J connectivity index is 2.43. The molecule has 1 aliphatic heterocycles. The van der Waals surface area contributed by atoms with Gasteiger partial charge in [0.25, 0.3) is 0 Å². The van der Waals surface area contributed by atoms with E-state index in [1.165, 1.54) is 16.0 Å². The number of allylic oxidation sites excluding steroid dienone is 3. The quantitative estimate of drug-likeness (QED) is 0.528. The molecule has 0 aromatic rings. The molecule has 2 aliphatic rings. The molecule has 5 heteroatoms. The van der Waals surface area contributed by atoms with Gasteiger partial charge in [-0.05, 0) is 30.9 Å². The van der Waals surface area contributed by atoms with E-state index in [1.807, 2.05) is 6.92 Å². The fourth-order valence-electron chi connectivity index (χ4n) is 4.25. The highest BCUT2D eigenvalue weighted by Gasteiger charge is 2.48. The predicted octanol–water partition coefficient (Wildman–Crippen LogP) is 4.61. The zero-order chi connectivity index (χ0) is 18.3. The van der Waals surface area contributed by atoms with Crippen LogP contribution in [0.15, 0.2) is 22.9 Å². The molecule has 1 aliphatic carbocycles. The summed E-state index contributed by atoms with van der Waals surface area (Å²) < 4.78 is 0. The monoisotopic (exact) mass is 363 g/mol. The number of carbonyl (C=O) groups is 2. The molecular weight excluding hydrogens is 330 g/mol. The second-order valence-electron chi connectivity index (χ2n) is 9.36. The Kier molecular flexibility index (Phi) is 5.45. The first-order valence-electron chi connectivity index (χ1n) is 9.22. The molecule has 0 radical (unpaired) electrons. The SMILES string of the molecule is CCN1C(=O)C[C@@H]([C@@H](C2=CCC/C2=C\[Si](C)(C)C)[Si](C)(C)C)C1=O. The van der Waals surface area contributed by atoms with Gasteiger partial charge in [0, 0.05) is 13.0 Å². The van der Waals surface area contributed by atoms with Crippen LogP contribution in [0.25, 0.3) is 0 Å². The Hall–Kier alpha value is -0.946. The number of imide groups is 1. The van der Waals surface area contributed by atoms with Crippen LogP contribution in [0.5, 0.6) is 0 Å². The maximum atomic E-state index is 12.9. The lowest BCUT2D eigenvalue weighted by molar-refractivity contribution is -0.139. The molecule has 0 N–H and O–H groups in total. The average Bonchev–Trinajstić information content (AvgIpc) is 2.93. The summed E-state index contributed by atoms with van der Waals surface area (Å²) in [6, 6.07) is 0. The molecule has 0 aromatic heterocycles. The van der Waals surface area contributed by atoms with E-state index in [4.69, 9.17) is 0 Å². The van der Waals surface area contributed by atoms with E-state index in [9.17, 15) is 9.59 Å². The zero-order valence-electron chi connectivity index (χ0n) is 16.4. The molecule has 2 atom stereocenters. The van der Waals surface area contributed by atoms with Crippen molar-refractivity contribution in [3.8, 4) is 0 Å². The second kappa shape index (κ2) is 6.75. The van der Waals surface area contributed by atoms with Crippen LogP contribution < -0.4 is 0 Å². The van der Waals surface area contributed by atoms with E-state index in [0.29, 0.717) is 13.0 Å². The van der Waals surface area contributed by atoms with Gasteiger partial charge >= 0.3 is 0 Å². The van der Waals surface area contributed by atoms with Crippen LogP contribution in [-0.2, 0) is 9.59 Å². The predicted molar refractivity (Wildman–Crippen MR) is 106 cm³/mol. The zero-order valence-corrected chi connectivity index (χ0v) is 18.4. The highest BCUT2D eigenvalue weighted by molar-refractivity contribution is 6.81. The summed E-state index contributed by atoms with van der Waals surface area (Å²) in [6.45, 7) is 16.5. The summed E-state index contributed by atoms with van der Waals surface area (Å²) in [5.41, 5.74) is 5.64. The van der Waals surface area contributed by atoms with Gasteiger partial charge in [0.1, 0.15) is 0 Å². The summed E-state index contributed by atoms with van der Waals surface area (Å²) in [7, 11) is -2.95. The van der Waals surface area contributed by atoms with Crippen LogP contribution in [0, 0.1) is 5.92 Å². The number of rotatable bonds is 5. The van der Waals surface area contributed by atoms with Gasteiger partial charge in [-0.2, -0.15) is 0 Å². The normalized spacial score (nSPS) is 25.6. The minimum atomic E-state index is -1.64. The Morgan fingerprint density at radius 2 is 1.83 bits per heavy atom. The van der Waals surface area contributed by atoms with Crippen molar-refractivity contribution in [3.63, 3.8) is 0 Å². The average molecular weight is 364 g/mol. The van der Waals surface area contributed by atoms with E-state index in [0.717, 1.165) is 12.8 Å². The first-order chi connectivity index (χ1) is 11.0. The largest absolute Gasteiger partial charge is 0.283 e. The van der Waals surface area contributed by atoms with Crippen molar-refractivity contribution in [2.24, 2.45) is 5.92 Å². The van der Waals surface area contributed by atoms with Gasteiger partial charge in [-0.3, -0.25) is 14.5 Å². The maximum Gasteiger partial charge on any atom is 0.233 e. The Labute approximate surface area is 149 Å². The molecule has 0 spiro atoms. The molecule has 2 rings (SSSR count). The van der Waals surface area contributed by atoms with Crippen molar-refractivity contribution in [2.45, 2.75) is 71.0 Å². The fraction of sp³-hybridized carbons (Fsp3) is 0.684. The fourth-order valence-corrected chi connectivity index (χ4v) is 8.31. The Morgan fingerprint density at radius 3 is 2.29 bits per heavy atom. The number of nitrogens with zero attached hydrogens (tertiary/aromatic N) is 1. The topological polar surface area (TPSA) is 37.4 Å². The first kappa shape index (κ1) is 19.4. The molecular formula is C19H33NO2Si2.